The summed E-state index contributed by atoms with van der Waals surface area (Å²) >= 11 is 1.81. The number of fused-ring (bicyclic) bond motifs is 6. The average Bonchev–Trinajstić information content (AvgIpc) is 3.73. The summed E-state index contributed by atoms with van der Waals surface area (Å²) in [6.45, 7) is 6.43. The fourth-order valence-electron chi connectivity index (χ4n) is 7.24. The molecule has 4 heteroatoms. The molecule has 244 valence electrons. The fraction of sp³-hybridized carbons (Fsp3) is 0.0638. The lowest BCUT2D eigenvalue weighted by Gasteiger charge is -2.10. The third-order valence-corrected chi connectivity index (χ3v) is 11.0. The van der Waals surface area contributed by atoms with Crippen LogP contribution in [0.5, 0.6) is 0 Å². The molecule has 0 saturated carbocycles. The van der Waals surface area contributed by atoms with E-state index in [1.165, 1.54) is 58.8 Å². The van der Waals surface area contributed by atoms with Gasteiger partial charge in [0.2, 0.25) is 0 Å². The van der Waals surface area contributed by atoms with Crippen molar-refractivity contribution in [1.82, 2.24) is 4.57 Å². The molecule has 9 rings (SSSR count). The zero-order valence-electron chi connectivity index (χ0n) is 28.4. The minimum Gasteiger partial charge on any atom is -0.309 e. The SMILES string of the molecule is C=C(N=C(N=C(C)C1=CCCC=C1)c1cccc2c1sc1cc(-c3ccc4c(c3)c3ccccc3n4-c3ccccc3)ccc12)c1ccccc1. The van der Waals surface area contributed by atoms with Gasteiger partial charge in [-0.2, -0.15) is 0 Å². The smallest absolute Gasteiger partial charge is 0.161 e. The van der Waals surface area contributed by atoms with Crippen molar-refractivity contribution in [2.75, 3.05) is 0 Å². The van der Waals surface area contributed by atoms with Crippen LogP contribution in [-0.4, -0.2) is 16.1 Å². The van der Waals surface area contributed by atoms with Gasteiger partial charge in [0.05, 0.1) is 16.7 Å². The Morgan fingerprint density at radius 3 is 2.20 bits per heavy atom. The van der Waals surface area contributed by atoms with Crippen LogP contribution in [0.3, 0.4) is 0 Å². The first-order valence-electron chi connectivity index (χ1n) is 17.4. The summed E-state index contributed by atoms with van der Waals surface area (Å²) in [5.74, 6) is 0.680. The molecule has 0 radical (unpaired) electrons. The number of amidine groups is 1. The molecule has 0 amide bonds. The van der Waals surface area contributed by atoms with E-state index in [0.29, 0.717) is 11.5 Å². The van der Waals surface area contributed by atoms with E-state index in [0.717, 1.165) is 35.3 Å². The Morgan fingerprint density at radius 2 is 1.37 bits per heavy atom. The van der Waals surface area contributed by atoms with Crippen molar-refractivity contribution in [3.63, 3.8) is 0 Å². The number of thiophene rings is 1. The minimum absolute atomic E-state index is 0.680. The molecule has 3 nitrogen and oxygen atoms in total. The van der Waals surface area contributed by atoms with E-state index in [9.17, 15) is 0 Å². The Kier molecular flexibility index (Phi) is 7.87. The maximum absolute atomic E-state index is 5.19. The average molecular weight is 674 g/mol. The topological polar surface area (TPSA) is 29.6 Å². The van der Waals surface area contributed by atoms with Crippen LogP contribution in [0.2, 0.25) is 0 Å². The second kappa shape index (κ2) is 13.0. The van der Waals surface area contributed by atoms with Gasteiger partial charge in [-0.25, -0.2) is 9.98 Å². The zero-order chi connectivity index (χ0) is 34.3. The second-order valence-electron chi connectivity index (χ2n) is 13.0. The van der Waals surface area contributed by atoms with Gasteiger partial charge in [0, 0.05) is 47.9 Å². The molecular formula is C47H35N3S. The quantitative estimate of drug-likeness (QED) is 0.124. The molecule has 2 heterocycles. The highest BCUT2D eigenvalue weighted by molar-refractivity contribution is 7.26. The summed E-state index contributed by atoms with van der Waals surface area (Å²) in [7, 11) is 0. The van der Waals surface area contributed by atoms with Crippen molar-refractivity contribution >= 4 is 70.6 Å². The van der Waals surface area contributed by atoms with Crippen LogP contribution in [0.15, 0.2) is 180 Å². The number of benzene rings is 6. The molecule has 0 spiro atoms. The number of aliphatic imine (C=N–C) groups is 2. The van der Waals surface area contributed by atoms with Crippen LogP contribution in [0.1, 0.15) is 30.9 Å². The molecule has 0 unspecified atom stereocenters. The van der Waals surface area contributed by atoms with E-state index in [-0.39, 0.29) is 0 Å². The molecule has 6 aromatic carbocycles. The molecule has 0 atom stereocenters. The lowest BCUT2D eigenvalue weighted by molar-refractivity contribution is 1.03. The largest absolute Gasteiger partial charge is 0.309 e. The molecular weight excluding hydrogens is 639 g/mol. The summed E-state index contributed by atoms with van der Waals surface area (Å²) in [5, 5.41) is 4.96. The van der Waals surface area contributed by atoms with Crippen molar-refractivity contribution in [2.24, 2.45) is 9.98 Å². The molecule has 1 aliphatic rings. The Labute approximate surface area is 301 Å². The van der Waals surface area contributed by atoms with Crippen molar-refractivity contribution in [2.45, 2.75) is 19.8 Å². The van der Waals surface area contributed by atoms with E-state index < -0.39 is 0 Å². The fourth-order valence-corrected chi connectivity index (χ4v) is 8.49. The predicted octanol–water partition coefficient (Wildman–Crippen LogP) is 13.0. The summed E-state index contributed by atoms with van der Waals surface area (Å²) < 4.78 is 4.78. The van der Waals surface area contributed by atoms with E-state index in [1.54, 1.807) is 11.3 Å². The van der Waals surface area contributed by atoms with Gasteiger partial charge in [-0.3, -0.25) is 0 Å². The second-order valence-corrected chi connectivity index (χ2v) is 14.1. The van der Waals surface area contributed by atoms with Gasteiger partial charge in [-0.05, 0) is 84.5 Å². The van der Waals surface area contributed by atoms with Crippen LogP contribution in [-0.2, 0) is 0 Å². The zero-order valence-corrected chi connectivity index (χ0v) is 29.2. The van der Waals surface area contributed by atoms with Crippen LogP contribution >= 0.6 is 11.3 Å². The van der Waals surface area contributed by atoms with E-state index >= 15 is 0 Å². The highest BCUT2D eigenvalue weighted by Gasteiger charge is 2.17. The number of allylic oxidation sites excluding steroid dienone is 4. The standard InChI is InChI=1S/C47H35N3S/c1-31(33-15-6-3-7-16-33)48-47(49-32(2)34-17-8-4-9-18-34)41-23-14-22-40-39-27-25-36(30-45(39)51-46(40)41)35-26-28-44-42(29-35)38-21-12-13-24-43(38)50(44)37-19-10-5-11-20-37/h3,5-8,10-30H,1,4,9H2,2H3. The molecule has 0 fully saturated rings. The maximum Gasteiger partial charge on any atom is 0.161 e. The Balaban J connectivity index is 1.17. The highest BCUT2D eigenvalue weighted by Crippen LogP contribution is 2.40. The number of hydrogen-bond donors (Lipinski definition) is 0. The van der Waals surface area contributed by atoms with Crippen LogP contribution in [0.25, 0.3) is 64.5 Å². The Bertz CT molecular complexity index is 2760. The molecule has 51 heavy (non-hydrogen) atoms. The first-order chi connectivity index (χ1) is 25.1. The van der Waals surface area contributed by atoms with Crippen molar-refractivity contribution < 1.29 is 0 Å². The summed E-state index contributed by atoms with van der Waals surface area (Å²) in [5.41, 5.74) is 10.8. The first kappa shape index (κ1) is 30.9. The lowest BCUT2D eigenvalue weighted by atomic mass is 10.0. The number of rotatable bonds is 6. The Morgan fingerprint density at radius 1 is 0.647 bits per heavy atom. The lowest BCUT2D eigenvalue weighted by Crippen LogP contribution is -2.05. The van der Waals surface area contributed by atoms with Crippen molar-refractivity contribution in [3.8, 4) is 16.8 Å². The van der Waals surface area contributed by atoms with Crippen LogP contribution < -0.4 is 0 Å². The molecule has 0 bridgehead atoms. The Hall–Kier alpha value is -6.10. The molecule has 1 aliphatic carbocycles. The minimum atomic E-state index is 0.680. The molecule has 0 N–H and O–H groups in total. The summed E-state index contributed by atoms with van der Waals surface area (Å²) in [6.07, 6.45) is 8.75. The normalized spacial score (nSPS) is 13.8. The van der Waals surface area contributed by atoms with Gasteiger partial charge < -0.3 is 4.57 Å². The first-order valence-corrected chi connectivity index (χ1v) is 18.2. The number of nitrogens with zero attached hydrogens (tertiary/aromatic N) is 3. The van der Waals surface area contributed by atoms with E-state index in [1.807, 2.05) is 30.3 Å². The van der Waals surface area contributed by atoms with Crippen molar-refractivity contribution in [3.05, 3.63) is 181 Å². The van der Waals surface area contributed by atoms with Crippen molar-refractivity contribution in [1.29, 1.82) is 0 Å². The maximum atomic E-state index is 5.19. The van der Waals surface area contributed by atoms with Gasteiger partial charge in [0.25, 0.3) is 0 Å². The third kappa shape index (κ3) is 5.64. The highest BCUT2D eigenvalue weighted by atomic mass is 32.1. The predicted molar refractivity (Wildman–Crippen MR) is 221 cm³/mol. The van der Waals surface area contributed by atoms with Gasteiger partial charge in [0.1, 0.15) is 0 Å². The third-order valence-electron chi connectivity index (χ3n) is 9.79. The summed E-state index contributed by atoms with van der Waals surface area (Å²) in [4.78, 5) is 10.3. The van der Waals surface area contributed by atoms with Gasteiger partial charge in [-0.15, -0.1) is 11.3 Å². The van der Waals surface area contributed by atoms with Crippen LogP contribution in [0, 0.1) is 0 Å². The molecule has 2 aromatic heterocycles. The van der Waals surface area contributed by atoms with E-state index in [4.69, 9.17) is 9.98 Å². The number of aromatic nitrogens is 1. The van der Waals surface area contributed by atoms with Gasteiger partial charge in [-0.1, -0.05) is 122 Å². The number of para-hydroxylation sites is 2. The van der Waals surface area contributed by atoms with Gasteiger partial charge >= 0.3 is 0 Å². The number of hydrogen-bond acceptors (Lipinski definition) is 2. The molecule has 0 aliphatic heterocycles. The van der Waals surface area contributed by atoms with Crippen LogP contribution in [0.4, 0.5) is 0 Å². The van der Waals surface area contributed by atoms with E-state index in [2.05, 4.69) is 145 Å². The molecule has 8 aromatic rings. The monoisotopic (exact) mass is 673 g/mol. The molecule has 0 saturated heterocycles. The van der Waals surface area contributed by atoms with Gasteiger partial charge in [0.15, 0.2) is 5.84 Å². The summed E-state index contributed by atoms with van der Waals surface area (Å²) in [6, 6.07) is 49.7.